The smallest absolute Gasteiger partial charge is 0.253 e. The molecule has 0 N–H and O–H groups in total. The highest BCUT2D eigenvalue weighted by atomic mass is 35.5. The van der Waals surface area contributed by atoms with Crippen LogP contribution in [-0.4, -0.2) is 59.9 Å². The van der Waals surface area contributed by atoms with Crippen LogP contribution in [0.4, 0.5) is 11.6 Å². The fourth-order valence-electron chi connectivity index (χ4n) is 4.42. The van der Waals surface area contributed by atoms with Crippen LogP contribution in [0.5, 0.6) is 0 Å². The highest BCUT2D eigenvalue weighted by Gasteiger charge is 2.35. The number of rotatable bonds is 2. The van der Waals surface area contributed by atoms with Crippen molar-refractivity contribution in [3.8, 4) is 0 Å². The number of hydrogen-bond donors (Lipinski definition) is 0. The fourth-order valence-corrected chi connectivity index (χ4v) is 4.55. The van der Waals surface area contributed by atoms with E-state index in [-0.39, 0.29) is 17.7 Å². The summed E-state index contributed by atoms with van der Waals surface area (Å²) in [6, 6.07) is 14.6. The standard InChI is InChI=1S/C24H24ClN5O2/c1-28-14-15-30(22-21(28)26-19-4-2-3-5-20(19)27-22)24(32)17-10-12-29(13-11-17)23(31)16-6-8-18(25)9-7-16/h2-9,17H,10-15H2,1H3. The van der Waals surface area contributed by atoms with Crippen molar-refractivity contribution >= 4 is 46.1 Å². The van der Waals surface area contributed by atoms with Gasteiger partial charge < -0.3 is 9.80 Å². The number of nitrogens with zero attached hydrogens (tertiary/aromatic N) is 5. The van der Waals surface area contributed by atoms with Gasteiger partial charge in [-0.1, -0.05) is 23.7 Å². The molecule has 3 heterocycles. The molecule has 2 amide bonds. The van der Waals surface area contributed by atoms with Crippen LogP contribution in [0.25, 0.3) is 11.0 Å². The van der Waals surface area contributed by atoms with Gasteiger partial charge in [-0.15, -0.1) is 0 Å². The third-order valence-electron chi connectivity index (χ3n) is 6.30. The number of amides is 2. The molecule has 1 fully saturated rings. The molecule has 7 nitrogen and oxygen atoms in total. The van der Waals surface area contributed by atoms with Gasteiger partial charge in [0.2, 0.25) is 5.91 Å². The number of hydrogen-bond acceptors (Lipinski definition) is 5. The Bertz CT molecular complexity index is 1170. The van der Waals surface area contributed by atoms with Crippen molar-refractivity contribution < 1.29 is 9.59 Å². The second kappa shape index (κ2) is 8.39. The number of carbonyl (C=O) groups excluding carboxylic acids is 2. The molecule has 8 heteroatoms. The van der Waals surface area contributed by atoms with Gasteiger partial charge in [0, 0.05) is 49.7 Å². The van der Waals surface area contributed by atoms with Gasteiger partial charge in [-0.2, -0.15) is 0 Å². The summed E-state index contributed by atoms with van der Waals surface area (Å²) in [4.78, 5) is 41.4. The van der Waals surface area contributed by atoms with Crippen molar-refractivity contribution in [3.05, 3.63) is 59.1 Å². The van der Waals surface area contributed by atoms with E-state index in [0.29, 0.717) is 55.4 Å². The van der Waals surface area contributed by atoms with E-state index in [2.05, 4.69) is 0 Å². The molecule has 164 valence electrons. The third kappa shape index (κ3) is 3.77. The number of fused-ring (bicyclic) bond motifs is 2. The average Bonchev–Trinajstić information content (AvgIpc) is 2.83. The Morgan fingerprint density at radius 3 is 2.16 bits per heavy atom. The van der Waals surface area contributed by atoms with Crippen molar-refractivity contribution in [2.45, 2.75) is 12.8 Å². The van der Waals surface area contributed by atoms with Gasteiger partial charge in [-0.05, 0) is 49.2 Å². The molecular weight excluding hydrogens is 426 g/mol. The Morgan fingerprint density at radius 1 is 0.875 bits per heavy atom. The van der Waals surface area contributed by atoms with Crippen LogP contribution < -0.4 is 9.80 Å². The first-order chi connectivity index (χ1) is 15.5. The van der Waals surface area contributed by atoms with Crippen molar-refractivity contribution in [2.24, 2.45) is 5.92 Å². The zero-order valence-corrected chi connectivity index (χ0v) is 18.6. The van der Waals surface area contributed by atoms with E-state index in [4.69, 9.17) is 21.6 Å². The predicted molar refractivity (Wildman–Crippen MR) is 125 cm³/mol. The number of aromatic nitrogens is 2. The first-order valence-corrected chi connectivity index (χ1v) is 11.2. The van der Waals surface area contributed by atoms with Crippen molar-refractivity contribution in [2.75, 3.05) is 43.0 Å². The first-order valence-electron chi connectivity index (χ1n) is 10.9. The topological polar surface area (TPSA) is 69.6 Å². The lowest BCUT2D eigenvalue weighted by molar-refractivity contribution is -0.123. The molecule has 3 aromatic rings. The predicted octanol–water partition coefficient (Wildman–Crippen LogP) is 3.62. The second-order valence-corrected chi connectivity index (χ2v) is 8.78. The van der Waals surface area contributed by atoms with Crippen LogP contribution >= 0.6 is 11.6 Å². The molecule has 0 atom stereocenters. The number of piperidine rings is 1. The third-order valence-corrected chi connectivity index (χ3v) is 6.55. The molecule has 0 saturated carbocycles. The molecule has 2 aromatic carbocycles. The summed E-state index contributed by atoms with van der Waals surface area (Å²) >= 11 is 5.93. The molecule has 0 spiro atoms. The summed E-state index contributed by atoms with van der Waals surface area (Å²) < 4.78 is 0. The second-order valence-electron chi connectivity index (χ2n) is 8.34. The number of anilines is 2. The van der Waals surface area contributed by atoms with E-state index >= 15 is 0 Å². The van der Waals surface area contributed by atoms with E-state index in [1.54, 1.807) is 29.2 Å². The largest absolute Gasteiger partial charge is 0.355 e. The molecule has 0 aliphatic carbocycles. The number of halogens is 1. The van der Waals surface area contributed by atoms with Gasteiger partial charge in [-0.25, -0.2) is 9.97 Å². The van der Waals surface area contributed by atoms with Gasteiger partial charge in [0.05, 0.1) is 11.0 Å². The highest BCUT2D eigenvalue weighted by molar-refractivity contribution is 6.30. The Labute approximate surface area is 191 Å². The first kappa shape index (κ1) is 20.7. The summed E-state index contributed by atoms with van der Waals surface area (Å²) in [6.45, 7) is 2.41. The van der Waals surface area contributed by atoms with Gasteiger partial charge >= 0.3 is 0 Å². The Kier molecular flexibility index (Phi) is 5.43. The minimum Gasteiger partial charge on any atom is -0.355 e. The lowest BCUT2D eigenvalue weighted by atomic mass is 9.94. The van der Waals surface area contributed by atoms with Crippen LogP contribution in [0.15, 0.2) is 48.5 Å². The summed E-state index contributed by atoms with van der Waals surface area (Å²) in [6.07, 6.45) is 1.28. The summed E-state index contributed by atoms with van der Waals surface area (Å²) in [7, 11) is 1.98. The lowest BCUT2D eigenvalue weighted by Gasteiger charge is -2.37. The molecule has 32 heavy (non-hydrogen) atoms. The van der Waals surface area contributed by atoms with Gasteiger partial charge in [0.15, 0.2) is 11.6 Å². The average molecular weight is 450 g/mol. The van der Waals surface area contributed by atoms with Gasteiger partial charge in [0.25, 0.3) is 5.91 Å². The Morgan fingerprint density at radius 2 is 1.50 bits per heavy atom. The van der Waals surface area contributed by atoms with Crippen LogP contribution in [0.2, 0.25) is 5.02 Å². The lowest BCUT2D eigenvalue weighted by Crippen LogP contribution is -2.49. The van der Waals surface area contributed by atoms with Gasteiger partial charge in [-0.3, -0.25) is 14.5 Å². The zero-order valence-electron chi connectivity index (χ0n) is 17.9. The van der Waals surface area contributed by atoms with Crippen molar-refractivity contribution in [1.82, 2.24) is 14.9 Å². The van der Waals surface area contributed by atoms with Crippen molar-refractivity contribution in [3.63, 3.8) is 0 Å². The maximum atomic E-state index is 13.5. The molecule has 2 aliphatic rings. The van der Waals surface area contributed by atoms with E-state index < -0.39 is 0 Å². The number of para-hydroxylation sites is 2. The quantitative estimate of drug-likeness (QED) is 0.597. The van der Waals surface area contributed by atoms with Crippen molar-refractivity contribution in [1.29, 1.82) is 0 Å². The highest BCUT2D eigenvalue weighted by Crippen LogP contribution is 2.33. The zero-order chi connectivity index (χ0) is 22.2. The number of carbonyl (C=O) groups is 2. The van der Waals surface area contributed by atoms with Crippen LogP contribution in [-0.2, 0) is 4.79 Å². The minimum absolute atomic E-state index is 0.0187. The summed E-state index contributed by atoms with van der Waals surface area (Å²) in [5.74, 6) is 1.28. The number of benzene rings is 2. The number of likely N-dealkylation sites (N-methyl/N-ethyl adjacent to an activating group) is 1. The van der Waals surface area contributed by atoms with Crippen LogP contribution in [0.1, 0.15) is 23.2 Å². The Hall–Kier alpha value is -3.19. The van der Waals surface area contributed by atoms with Crippen LogP contribution in [0, 0.1) is 5.92 Å². The molecule has 1 aromatic heterocycles. The molecule has 1 saturated heterocycles. The van der Waals surface area contributed by atoms with E-state index in [1.807, 2.05) is 41.1 Å². The van der Waals surface area contributed by atoms with E-state index in [9.17, 15) is 9.59 Å². The number of likely N-dealkylation sites (tertiary alicyclic amines) is 1. The molecule has 0 unspecified atom stereocenters. The molecule has 5 rings (SSSR count). The molecular formula is C24H24ClN5O2. The normalized spacial score (nSPS) is 16.9. The maximum absolute atomic E-state index is 13.5. The molecule has 2 aliphatic heterocycles. The molecule has 0 radical (unpaired) electrons. The van der Waals surface area contributed by atoms with Gasteiger partial charge in [0.1, 0.15) is 0 Å². The Balaban J connectivity index is 1.32. The SMILES string of the molecule is CN1CCN(C(=O)C2CCN(C(=O)c3ccc(Cl)cc3)CC2)c2nc3ccccc3nc21. The van der Waals surface area contributed by atoms with E-state index in [0.717, 1.165) is 16.9 Å². The summed E-state index contributed by atoms with van der Waals surface area (Å²) in [5, 5.41) is 0.606. The fraction of sp³-hybridized carbons (Fsp3) is 0.333. The minimum atomic E-state index is -0.131. The van der Waals surface area contributed by atoms with E-state index in [1.165, 1.54) is 0 Å². The summed E-state index contributed by atoms with van der Waals surface area (Å²) in [5.41, 5.74) is 2.22. The van der Waals surface area contributed by atoms with Crippen LogP contribution in [0.3, 0.4) is 0 Å². The maximum Gasteiger partial charge on any atom is 0.253 e. The monoisotopic (exact) mass is 449 g/mol. The molecule has 0 bridgehead atoms.